The van der Waals surface area contributed by atoms with E-state index in [2.05, 4.69) is 4.74 Å². The van der Waals surface area contributed by atoms with Crippen molar-refractivity contribution in [1.82, 2.24) is 0 Å². The summed E-state index contributed by atoms with van der Waals surface area (Å²) >= 11 is 0. The van der Waals surface area contributed by atoms with Crippen LogP contribution < -0.4 is 5.73 Å². The van der Waals surface area contributed by atoms with Gasteiger partial charge in [0.1, 0.15) is 23.8 Å². The summed E-state index contributed by atoms with van der Waals surface area (Å²) in [4.78, 5) is 10.5. The number of nitrogens with zero attached hydrogens (tertiary/aromatic N) is 1. The SMILES string of the molecule is CC(OC(N)=O)c1cc(F)cc(C#N)c1F. The third-order valence-corrected chi connectivity index (χ3v) is 1.92. The van der Waals surface area contributed by atoms with E-state index in [0.29, 0.717) is 0 Å². The normalized spacial score (nSPS) is 11.6. The number of carbonyl (C=O) groups is 1. The van der Waals surface area contributed by atoms with Crippen LogP contribution in [0.5, 0.6) is 0 Å². The average Bonchev–Trinajstić information content (AvgIpc) is 2.19. The van der Waals surface area contributed by atoms with E-state index in [1.54, 1.807) is 0 Å². The zero-order valence-electron chi connectivity index (χ0n) is 8.33. The maximum atomic E-state index is 13.5. The van der Waals surface area contributed by atoms with Gasteiger partial charge in [0.2, 0.25) is 0 Å². The maximum Gasteiger partial charge on any atom is 0.405 e. The summed E-state index contributed by atoms with van der Waals surface area (Å²) in [5, 5.41) is 8.54. The van der Waals surface area contributed by atoms with Crippen molar-refractivity contribution in [3.8, 4) is 6.07 Å². The minimum atomic E-state index is -1.10. The molecule has 0 aliphatic carbocycles. The molecule has 1 aromatic rings. The van der Waals surface area contributed by atoms with Crippen molar-refractivity contribution >= 4 is 6.09 Å². The predicted octanol–water partition coefficient (Wildman–Crippen LogP) is 1.99. The molecule has 1 aromatic carbocycles. The van der Waals surface area contributed by atoms with Gasteiger partial charge >= 0.3 is 6.09 Å². The van der Waals surface area contributed by atoms with Crippen molar-refractivity contribution in [3.05, 3.63) is 34.9 Å². The molecule has 16 heavy (non-hydrogen) atoms. The molecule has 0 heterocycles. The summed E-state index contributed by atoms with van der Waals surface area (Å²) in [6.07, 6.45) is -2.16. The fourth-order valence-electron chi connectivity index (χ4n) is 1.23. The Hall–Kier alpha value is -2.16. The smallest absolute Gasteiger partial charge is 0.405 e. The minimum Gasteiger partial charge on any atom is -0.442 e. The van der Waals surface area contributed by atoms with Crippen molar-refractivity contribution < 1.29 is 18.3 Å². The van der Waals surface area contributed by atoms with Gasteiger partial charge in [-0.15, -0.1) is 0 Å². The molecule has 1 atom stereocenters. The van der Waals surface area contributed by atoms with Crippen molar-refractivity contribution in [2.75, 3.05) is 0 Å². The Bertz CT molecular complexity index is 469. The second-order valence-electron chi connectivity index (χ2n) is 3.05. The van der Waals surface area contributed by atoms with Crippen molar-refractivity contribution in [1.29, 1.82) is 5.26 Å². The van der Waals surface area contributed by atoms with E-state index in [9.17, 15) is 13.6 Å². The highest BCUT2D eigenvalue weighted by Gasteiger charge is 2.18. The first-order valence-electron chi connectivity index (χ1n) is 4.30. The third kappa shape index (κ3) is 2.45. The molecule has 0 saturated carbocycles. The summed E-state index contributed by atoms with van der Waals surface area (Å²) in [5.41, 5.74) is 4.07. The third-order valence-electron chi connectivity index (χ3n) is 1.92. The number of nitriles is 1. The summed E-state index contributed by atoms with van der Waals surface area (Å²) in [6, 6.07) is 3.11. The van der Waals surface area contributed by atoms with Crippen LogP contribution in [0.1, 0.15) is 24.2 Å². The van der Waals surface area contributed by atoms with Crippen molar-refractivity contribution in [2.24, 2.45) is 5.73 Å². The molecule has 0 aliphatic rings. The summed E-state index contributed by atoms with van der Waals surface area (Å²) in [5.74, 6) is -1.70. The van der Waals surface area contributed by atoms with E-state index < -0.39 is 29.4 Å². The number of amides is 1. The van der Waals surface area contributed by atoms with Crippen LogP contribution in [0.4, 0.5) is 13.6 Å². The number of nitrogens with two attached hydrogens (primary N) is 1. The van der Waals surface area contributed by atoms with Crippen LogP contribution in [-0.2, 0) is 4.74 Å². The Balaban J connectivity index is 3.18. The van der Waals surface area contributed by atoms with Gasteiger partial charge in [-0.1, -0.05) is 0 Å². The Morgan fingerprint density at radius 3 is 2.69 bits per heavy atom. The van der Waals surface area contributed by atoms with Crippen LogP contribution in [0.25, 0.3) is 0 Å². The number of rotatable bonds is 2. The molecule has 84 valence electrons. The Morgan fingerprint density at radius 1 is 1.56 bits per heavy atom. The van der Waals surface area contributed by atoms with Crippen LogP contribution in [0.2, 0.25) is 0 Å². The second kappa shape index (κ2) is 4.57. The Kier molecular flexibility index (Phi) is 3.40. The fourth-order valence-corrected chi connectivity index (χ4v) is 1.23. The Morgan fingerprint density at radius 2 is 2.19 bits per heavy atom. The quantitative estimate of drug-likeness (QED) is 0.837. The number of hydrogen-bond donors (Lipinski definition) is 1. The van der Waals surface area contributed by atoms with Gasteiger partial charge in [-0.05, 0) is 19.1 Å². The zero-order chi connectivity index (χ0) is 12.3. The number of primary amides is 1. The lowest BCUT2D eigenvalue weighted by molar-refractivity contribution is 0.114. The number of ether oxygens (including phenoxy) is 1. The van der Waals surface area contributed by atoms with Crippen LogP contribution in [0, 0.1) is 23.0 Å². The molecule has 1 rings (SSSR count). The van der Waals surface area contributed by atoms with Gasteiger partial charge in [0.25, 0.3) is 0 Å². The molecule has 0 saturated heterocycles. The lowest BCUT2D eigenvalue weighted by Crippen LogP contribution is -2.16. The first-order valence-corrected chi connectivity index (χ1v) is 4.30. The highest BCUT2D eigenvalue weighted by atomic mass is 19.1. The van der Waals surface area contributed by atoms with Crippen LogP contribution >= 0.6 is 0 Å². The highest BCUT2D eigenvalue weighted by molar-refractivity contribution is 5.65. The number of benzene rings is 1. The lowest BCUT2D eigenvalue weighted by Gasteiger charge is -2.13. The van der Waals surface area contributed by atoms with E-state index in [-0.39, 0.29) is 5.56 Å². The first kappa shape index (κ1) is 11.9. The zero-order valence-corrected chi connectivity index (χ0v) is 8.33. The summed E-state index contributed by atoms with van der Waals surface area (Å²) in [6.45, 7) is 1.32. The molecule has 1 amide bonds. The van der Waals surface area contributed by atoms with Gasteiger partial charge in [0, 0.05) is 5.56 Å². The molecule has 4 nitrogen and oxygen atoms in total. The monoisotopic (exact) mass is 226 g/mol. The number of hydrogen-bond acceptors (Lipinski definition) is 3. The van der Waals surface area contributed by atoms with Crippen molar-refractivity contribution in [2.45, 2.75) is 13.0 Å². The van der Waals surface area contributed by atoms with Crippen LogP contribution in [0.3, 0.4) is 0 Å². The van der Waals surface area contributed by atoms with Gasteiger partial charge < -0.3 is 10.5 Å². The molecule has 1 unspecified atom stereocenters. The standard InChI is InChI=1S/C10H8F2N2O2/c1-5(16-10(14)15)8-3-7(11)2-6(4-13)9(8)12/h2-3,5H,1H3,(H2,14,15). The minimum absolute atomic E-state index is 0.227. The van der Waals surface area contributed by atoms with Gasteiger partial charge in [-0.3, -0.25) is 0 Å². The van der Waals surface area contributed by atoms with Crippen molar-refractivity contribution in [3.63, 3.8) is 0 Å². The lowest BCUT2D eigenvalue weighted by atomic mass is 10.1. The molecule has 0 spiro atoms. The van der Waals surface area contributed by atoms with E-state index >= 15 is 0 Å². The molecule has 0 aliphatic heterocycles. The van der Waals surface area contributed by atoms with E-state index in [4.69, 9.17) is 11.0 Å². The second-order valence-corrected chi connectivity index (χ2v) is 3.05. The maximum absolute atomic E-state index is 13.5. The number of carbonyl (C=O) groups excluding carboxylic acids is 1. The topological polar surface area (TPSA) is 76.1 Å². The van der Waals surface area contributed by atoms with Gasteiger partial charge in [0.15, 0.2) is 0 Å². The van der Waals surface area contributed by atoms with Gasteiger partial charge in [0.05, 0.1) is 5.56 Å². The largest absolute Gasteiger partial charge is 0.442 e. The first-order chi connectivity index (χ1) is 7.45. The highest BCUT2D eigenvalue weighted by Crippen LogP contribution is 2.23. The molecule has 0 bridgehead atoms. The van der Waals surface area contributed by atoms with Gasteiger partial charge in [-0.2, -0.15) is 5.26 Å². The molecule has 2 N–H and O–H groups in total. The van der Waals surface area contributed by atoms with E-state index in [1.807, 2.05) is 0 Å². The molecular weight excluding hydrogens is 218 g/mol. The molecular formula is C10H8F2N2O2. The van der Waals surface area contributed by atoms with E-state index in [1.165, 1.54) is 13.0 Å². The fraction of sp³-hybridized carbons (Fsp3) is 0.200. The van der Waals surface area contributed by atoms with Crippen LogP contribution in [-0.4, -0.2) is 6.09 Å². The van der Waals surface area contributed by atoms with Crippen LogP contribution in [0.15, 0.2) is 12.1 Å². The molecule has 6 heteroatoms. The van der Waals surface area contributed by atoms with Gasteiger partial charge in [-0.25, -0.2) is 13.6 Å². The number of halogens is 2. The summed E-state index contributed by atoms with van der Waals surface area (Å²) < 4.78 is 31.0. The molecule has 0 radical (unpaired) electrons. The molecule has 0 aromatic heterocycles. The van der Waals surface area contributed by atoms with E-state index in [0.717, 1.165) is 12.1 Å². The summed E-state index contributed by atoms with van der Waals surface area (Å²) in [7, 11) is 0. The Labute approximate surface area is 90.2 Å². The predicted molar refractivity (Wildman–Crippen MR) is 50.2 cm³/mol. The molecule has 0 fully saturated rings. The average molecular weight is 226 g/mol.